The highest BCUT2D eigenvalue weighted by Gasteiger charge is 2.33. The van der Waals surface area contributed by atoms with Crippen LogP contribution in [0.2, 0.25) is 0 Å². The fraction of sp³-hybridized carbons (Fsp3) is 0.455. The van der Waals surface area contributed by atoms with Gasteiger partial charge in [-0.15, -0.1) is 0 Å². The van der Waals surface area contributed by atoms with Crippen LogP contribution in [0, 0.1) is 21.7 Å². The smallest absolute Gasteiger partial charge is 0.306 e. The number of nitro groups is 1. The van der Waals surface area contributed by atoms with Crippen molar-refractivity contribution in [3.05, 3.63) is 33.9 Å². The molecular formula is C11H13F2N3O4S. The van der Waals surface area contributed by atoms with E-state index in [-0.39, 0.29) is 25.2 Å². The van der Waals surface area contributed by atoms with Crippen molar-refractivity contribution >= 4 is 15.7 Å². The number of hydrogen-bond donors (Lipinski definition) is 1. The molecule has 0 aliphatic carbocycles. The summed E-state index contributed by atoms with van der Waals surface area (Å²) < 4.78 is 52.6. The van der Waals surface area contributed by atoms with Crippen LogP contribution in [0.15, 0.2) is 17.0 Å². The molecule has 7 nitrogen and oxygen atoms in total. The zero-order valence-electron chi connectivity index (χ0n) is 10.8. The zero-order valence-corrected chi connectivity index (χ0v) is 11.6. The summed E-state index contributed by atoms with van der Waals surface area (Å²) in [6.45, 7) is 0.133. The lowest BCUT2D eigenvalue weighted by Crippen LogP contribution is -2.45. The van der Waals surface area contributed by atoms with Crippen molar-refractivity contribution in [1.29, 1.82) is 0 Å². The van der Waals surface area contributed by atoms with E-state index in [1.165, 1.54) is 0 Å². The van der Waals surface area contributed by atoms with Crippen LogP contribution >= 0.6 is 0 Å². The van der Waals surface area contributed by atoms with Crippen LogP contribution in [0.5, 0.6) is 0 Å². The SMILES string of the molecule is NC1CCCN(S(=O)(=O)c2cc([N+](=O)[O-])c(F)cc2F)C1. The van der Waals surface area contributed by atoms with Gasteiger partial charge >= 0.3 is 5.69 Å². The third-order valence-corrected chi connectivity index (χ3v) is 5.12. The molecule has 1 aliphatic rings. The number of piperidine rings is 1. The molecule has 0 amide bonds. The summed E-state index contributed by atoms with van der Waals surface area (Å²) in [6.07, 6.45) is 1.14. The molecule has 1 heterocycles. The van der Waals surface area contributed by atoms with Crippen LogP contribution in [-0.2, 0) is 10.0 Å². The molecule has 10 heteroatoms. The van der Waals surface area contributed by atoms with Gasteiger partial charge in [0.05, 0.1) is 4.92 Å². The summed E-state index contributed by atoms with van der Waals surface area (Å²) in [5.74, 6) is -2.79. The minimum atomic E-state index is -4.29. The first-order chi connectivity index (χ1) is 9.73. The zero-order chi connectivity index (χ0) is 15.8. The van der Waals surface area contributed by atoms with Crippen LogP contribution in [-0.4, -0.2) is 36.8 Å². The molecule has 1 atom stereocenters. The molecule has 1 saturated heterocycles. The third kappa shape index (κ3) is 3.01. The van der Waals surface area contributed by atoms with Crippen molar-refractivity contribution < 1.29 is 22.1 Å². The third-order valence-electron chi connectivity index (χ3n) is 3.24. The number of benzene rings is 1. The molecule has 0 radical (unpaired) electrons. The van der Waals surface area contributed by atoms with Gasteiger partial charge in [-0.05, 0) is 12.8 Å². The van der Waals surface area contributed by atoms with Crippen molar-refractivity contribution in [3.8, 4) is 0 Å². The number of nitrogens with two attached hydrogens (primary N) is 1. The standard InChI is InChI=1S/C11H13F2N3O4S/c12-8-4-9(13)11(5-10(8)16(17)18)21(19,20)15-3-1-2-7(14)6-15/h4-5,7H,1-3,6,14H2. The van der Waals surface area contributed by atoms with Crippen molar-refractivity contribution in [1.82, 2.24) is 4.31 Å². The summed E-state index contributed by atoms with van der Waals surface area (Å²) in [5.41, 5.74) is 4.59. The molecule has 0 saturated carbocycles. The number of rotatable bonds is 3. The fourth-order valence-corrected chi connectivity index (χ4v) is 3.79. The molecule has 1 aromatic rings. The summed E-state index contributed by atoms with van der Waals surface area (Å²) in [6, 6.07) is 0.224. The van der Waals surface area contributed by atoms with Crippen LogP contribution in [0.3, 0.4) is 0 Å². The topological polar surface area (TPSA) is 107 Å². The highest BCUT2D eigenvalue weighted by atomic mass is 32.2. The molecule has 0 aromatic heterocycles. The van der Waals surface area contributed by atoms with E-state index in [0.717, 1.165) is 4.31 Å². The molecule has 2 rings (SSSR count). The maximum absolute atomic E-state index is 13.7. The van der Waals surface area contributed by atoms with Gasteiger partial charge in [-0.3, -0.25) is 10.1 Å². The van der Waals surface area contributed by atoms with Gasteiger partial charge in [0.2, 0.25) is 15.8 Å². The Morgan fingerprint density at radius 3 is 2.57 bits per heavy atom. The van der Waals surface area contributed by atoms with E-state index >= 15 is 0 Å². The minimum absolute atomic E-state index is 0.00700. The van der Waals surface area contributed by atoms with Gasteiger partial charge in [-0.1, -0.05) is 0 Å². The van der Waals surface area contributed by atoms with E-state index < -0.39 is 37.2 Å². The quantitative estimate of drug-likeness (QED) is 0.660. The maximum atomic E-state index is 13.7. The van der Waals surface area contributed by atoms with Crippen molar-refractivity contribution in [3.63, 3.8) is 0 Å². The van der Waals surface area contributed by atoms with Crippen LogP contribution in [0.25, 0.3) is 0 Å². The lowest BCUT2D eigenvalue weighted by atomic mass is 10.1. The molecule has 0 spiro atoms. The van der Waals surface area contributed by atoms with E-state index in [0.29, 0.717) is 18.9 Å². The highest BCUT2D eigenvalue weighted by Crippen LogP contribution is 2.28. The number of sulfonamides is 1. The number of nitro benzene ring substituents is 1. The summed E-state index contributed by atoms with van der Waals surface area (Å²) >= 11 is 0. The van der Waals surface area contributed by atoms with Crippen molar-refractivity contribution in [2.45, 2.75) is 23.8 Å². The van der Waals surface area contributed by atoms with Crippen molar-refractivity contribution in [2.75, 3.05) is 13.1 Å². The average Bonchev–Trinajstić information content (AvgIpc) is 2.37. The Labute approximate surface area is 119 Å². The lowest BCUT2D eigenvalue weighted by Gasteiger charge is -2.29. The first-order valence-corrected chi connectivity index (χ1v) is 7.56. The van der Waals surface area contributed by atoms with Gasteiger partial charge in [0, 0.05) is 31.3 Å². The predicted molar refractivity (Wildman–Crippen MR) is 69.0 cm³/mol. The number of halogens is 2. The first kappa shape index (κ1) is 15.7. The van der Waals surface area contributed by atoms with Gasteiger partial charge < -0.3 is 5.73 Å². The molecule has 21 heavy (non-hydrogen) atoms. The highest BCUT2D eigenvalue weighted by molar-refractivity contribution is 7.89. The molecule has 2 N–H and O–H groups in total. The summed E-state index contributed by atoms with van der Waals surface area (Å²) in [5, 5.41) is 10.7. The Balaban J connectivity index is 2.49. The van der Waals surface area contributed by atoms with Crippen LogP contribution < -0.4 is 5.73 Å². The maximum Gasteiger partial charge on any atom is 0.306 e. The Morgan fingerprint density at radius 1 is 1.33 bits per heavy atom. The molecular weight excluding hydrogens is 308 g/mol. The molecule has 1 unspecified atom stereocenters. The fourth-order valence-electron chi connectivity index (χ4n) is 2.19. The Hall–Kier alpha value is -1.65. The van der Waals surface area contributed by atoms with E-state index in [9.17, 15) is 27.3 Å². The van der Waals surface area contributed by atoms with E-state index in [1.54, 1.807) is 0 Å². The first-order valence-electron chi connectivity index (χ1n) is 6.12. The van der Waals surface area contributed by atoms with Crippen molar-refractivity contribution in [2.24, 2.45) is 5.73 Å². The molecule has 0 bridgehead atoms. The van der Waals surface area contributed by atoms with Gasteiger partial charge in [0.25, 0.3) is 0 Å². The molecule has 1 fully saturated rings. The summed E-state index contributed by atoms with van der Waals surface area (Å²) in [7, 11) is -4.29. The van der Waals surface area contributed by atoms with Gasteiger partial charge in [-0.2, -0.15) is 8.70 Å². The lowest BCUT2D eigenvalue weighted by molar-refractivity contribution is -0.387. The van der Waals surface area contributed by atoms with E-state index in [2.05, 4.69) is 0 Å². The van der Waals surface area contributed by atoms with Crippen LogP contribution in [0.4, 0.5) is 14.5 Å². The second-order valence-corrected chi connectivity index (χ2v) is 6.66. The number of nitrogens with zero attached hydrogens (tertiary/aromatic N) is 2. The second kappa shape index (κ2) is 5.62. The van der Waals surface area contributed by atoms with Gasteiger partial charge in [0.1, 0.15) is 10.7 Å². The van der Waals surface area contributed by atoms with Gasteiger partial charge in [-0.25, -0.2) is 12.8 Å². The van der Waals surface area contributed by atoms with Crippen LogP contribution in [0.1, 0.15) is 12.8 Å². The largest absolute Gasteiger partial charge is 0.327 e. The Bertz CT molecular complexity index is 680. The van der Waals surface area contributed by atoms with E-state index in [1.807, 2.05) is 0 Å². The molecule has 1 aromatic carbocycles. The van der Waals surface area contributed by atoms with Gasteiger partial charge in [0.15, 0.2) is 0 Å². The molecule has 116 valence electrons. The van der Waals surface area contributed by atoms with E-state index in [4.69, 9.17) is 5.73 Å². The second-order valence-electron chi connectivity index (χ2n) is 4.76. The number of hydrogen-bond acceptors (Lipinski definition) is 5. The summed E-state index contributed by atoms with van der Waals surface area (Å²) in [4.78, 5) is 8.64. The normalized spacial score (nSPS) is 20.4. The average molecular weight is 321 g/mol. The minimum Gasteiger partial charge on any atom is -0.327 e. The monoisotopic (exact) mass is 321 g/mol. The Morgan fingerprint density at radius 2 is 2.00 bits per heavy atom. The predicted octanol–water partition coefficient (Wildman–Crippen LogP) is 0.985. The molecule has 1 aliphatic heterocycles. The Kier molecular flexibility index (Phi) is 4.21.